The quantitative estimate of drug-likeness (QED) is 0.816. The van der Waals surface area contributed by atoms with E-state index in [0.717, 1.165) is 11.2 Å². The van der Waals surface area contributed by atoms with Gasteiger partial charge >= 0.3 is 0 Å². The molecule has 3 nitrogen and oxygen atoms in total. The van der Waals surface area contributed by atoms with Crippen molar-refractivity contribution in [3.8, 4) is 0 Å². The number of para-hydroxylation sites is 1. The lowest BCUT2D eigenvalue weighted by atomic mass is 10.0. The molecule has 0 spiro atoms. The molecule has 0 atom stereocenters. The number of hydrogen-bond donors (Lipinski definition) is 2. The molecule has 4 heteroatoms. The second kappa shape index (κ2) is 8.30. The van der Waals surface area contributed by atoms with Gasteiger partial charge < -0.3 is 15.1 Å². The van der Waals surface area contributed by atoms with Crippen LogP contribution in [0.15, 0.2) is 18.2 Å². The number of rotatable bonds is 4. The van der Waals surface area contributed by atoms with Crippen LogP contribution in [0.2, 0.25) is 0 Å². The number of anilines is 1. The average molecular weight is 349 g/mol. The molecule has 1 saturated heterocycles. The van der Waals surface area contributed by atoms with Gasteiger partial charge in [0.05, 0.1) is 19.1 Å². The fraction of sp³-hybridized carbons (Fsp3) is 0.650. The van der Waals surface area contributed by atoms with Crippen LogP contribution in [0.3, 0.4) is 0 Å². The summed E-state index contributed by atoms with van der Waals surface area (Å²) in [5.41, 5.74) is 3.67. The van der Waals surface area contributed by atoms with Crippen molar-refractivity contribution in [1.29, 1.82) is 0 Å². The maximum atomic E-state index is 5.82. The zero-order valence-electron chi connectivity index (χ0n) is 16.1. The molecule has 2 N–H and O–H groups in total. The monoisotopic (exact) mass is 348 g/mol. The standard InChI is InChI=1S/C20H33N3S/c1-14(2)22-12-10-18(11-13-22)23(15(3)4)20(24)21-19-16(5)8-7-9-17(19)6/h7-9,14-15,18H,10-13H2,1-6H3,(H,21,24)/p+1. The van der Waals surface area contributed by atoms with Gasteiger partial charge in [-0.2, -0.15) is 0 Å². The first-order chi connectivity index (χ1) is 11.3. The Balaban J connectivity index is 2.09. The van der Waals surface area contributed by atoms with E-state index >= 15 is 0 Å². The predicted octanol–water partition coefficient (Wildman–Crippen LogP) is 3.17. The average Bonchev–Trinajstić information content (AvgIpc) is 2.51. The molecule has 1 heterocycles. The summed E-state index contributed by atoms with van der Waals surface area (Å²) in [5, 5.41) is 4.42. The lowest BCUT2D eigenvalue weighted by Gasteiger charge is -2.41. The summed E-state index contributed by atoms with van der Waals surface area (Å²) in [6, 6.07) is 8.07. The van der Waals surface area contributed by atoms with E-state index in [-0.39, 0.29) is 0 Å². The van der Waals surface area contributed by atoms with Gasteiger partial charge in [0.1, 0.15) is 0 Å². The van der Waals surface area contributed by atoms with Gasteiger partial charge in [-0.05, 0) is 64.9 Å². The molecule has 0 amide bonds. The minimum atomic E-state index is 0.417. The van der Waals surface area contributed by atoms with Crippen LogP contribution in [-0.2, 0) is 0 Å². The molecule has 0 unspecified atom stereocenters. The molecule has 1 aliphatic rings. The van der Waals surface area contributed by atoms with Crippen molar-refractivity contribution in [3.63, 3.8) is 0 Å². The summed E-state index contributed by atoms with van der Waals surface area (Å²) in [6.07, 6.45) is 2.44. The van der Waals surface area contributed by atoms with Gasteiger partial charge in [-0.15, -0.1) is 0 Å². The van der Waals surface area contributed by atoms with Crippen LogP contribution < -0.4 is 10.2 Å². The normalized spacial score (nSPS) is 21.2. The summed E-state index contributed by atoms with van der Waals surface area (Å²) in [5.74, 6) is 0. The predicted molar refractivity (Wildman–Crippen MR) is 108 cm³/mol. The zero-order chi connectivity index (χ0) is 17.9. The Morgan fingerprint density at radius 1 is 1.12 bits per heavy atom. The van der Waals surface area contributed by atoms with Crippen LogP contribution in [0.25, 0.3) is 0 Å². The molecule has 1 aromatic carbocycles. The van der Waals surface area contributed by atoms with Gasteiger partial charge in [0, 0.05) is 30.6 Å². The molecule has 24 heavy (non-hydrogen) atoms. The third-order valence-corrected chi connectivity index (χ3v) is 5.62. The largest absolute Gasteiger partial charge is 0.343 e. The molecular weight excluding hydrogens is 314 g/mol. The van der Waals surface area contributed by atoms with E-state index in [0.29, 0.717) is 12.1 Å². The topological polar surface area (TPSA) is 19.7 Å². The number of thiocarbonyl (C=S) groups is 1. The highest BCUT2D eigenvalue weighted by Gasteiger charge is 2.31. The summed E-state index contributed by atoms with van der Waals surface area (Å²) >= 11 is 5.82. The second-order valence-electron chi connectivity index (χ2n) is 7.74. The van der Waals surface area contributed by atoms with Gasteiger partial charge in [0.25, 0.3) is 0 Å². The summed E-state index contributed by atoms with van der Waals surface area (Å²) in [6.45, 7) is 15.9. The Hall–Kier alpha value is -1.13. The van der Waals surface area contributed by atoms with Crippen LogP contribution in [0.4, 0.5) is 5.69 Å². The first-order valence-electron chi connectivity index (χ1n) is 9.31. The second-order valence-corrected chi connectivity index (χ2v) is 8.13. The molecule has 1 fully saturated rings. The van der Waals surface area contributed by atoms with Crippen molar-refractivity contribution in [1.82, 2.24) is 4.90 Å². The molecule has 1 aliphatic heterocycles. The number of aryl methyl sites for hydroxylation is 2. The van der Waals surface area contributed by atoms with Crippen LogP contribution in [-0.4, -0.2) is 41.2 Å². The van der Waals surface area contributed by atoms with E-state index in [1.165, 1.54) is 42.7 Å². The fourth-order valence-electron chi connectivity index (χ4n) is 3.83. The smallest absolute Gasteiger partial charge is 0.173 e. The van der Waals surface area contributed by atoms with Crippen LogP contribution in [0.1, 0.15) is 51.7 Å². The van der Waals surface area contributed by atoms with Crippen molar-refractivity contribution >= 4 is 23.0 Å². The van der Waals surface area contributed by atoms with Crippen molar-refractivity contribution in [2.24, 2.45) is 0 Å². The van der Waals surface area contributed by atoms with Gasteiger partial charge in [0.15, 0.2) is 5.11 Å². The van der Waals surface area contributed by atoms with E-state index in [4.69, 9.17) is 12.2 Å². The maximum absolute atomic E-state index is 5.82. The van der Waals surface area contributed by atoms with Crippen molar-refractivity contribution in [2.75, 3.05) is 18.4 Å². The number of likely N-dealkylation sites (tertiary alicyclic amines) is 1. The molecule has 0 radical (unpaired) electrons. The number of quaternary nitrogens is 1. The Kier molecular flexibility index (Phi) is 6.64. The third kappa shape index (κ3) is 4.48. The highest BCUT2D eigenvalue weighted by atomic mass is 32.1. The van der Waals surface area contributed by atoms with Crippen molar-refractivity contribution in [2.45, 2.75) is 72.5 Å². The number of nitrogens with one attached hydrogen (secondary N) is 2. The Labute approximate surface area is 153 Å². The molecule has 0 saturated carbocycles. The lowest BCUT2D eigenvalue weighted by molar-refractivity contribution is -0.926. The van der Waals surface area contributed by atoms with Crippen molar-refractivity contribution in [3.05, 3.63) is 29.3 Å². The Morgan fingerprint density at radius 3 is 2.12 bits per heavy atom. The minimum Gasteiger partial charge on any atom is -0.343 e. The van der Waals surface area contributed by atoms with Crippen LogP contribution in [0.5, 0.6) is 0 Å². The Morgan fingerprint density at radius 2 is 1.67 bits per heavy atom. The first-order valence-corrected chi connectivity index (χ1v) is 9.72. The number of hydrogen-bond acceptors (Lipinski definition) is 1. The van der Waals surface area contributed by atoms with Gasteiger partial charge in [-0.25, -0.2) is 0 Å². The molecule has 0 aliphatic carbocycles. The SMILES string of the molecule is Cc1cccc(C)c1NC(=S)N(C(C)C)C1CC[NH+](C(C)C)CC1. The van der Waals surface area contributed by atoms with E-state index in [9.17, 15) is 0 Å². The van der Waals surface area contributed by atoms with Gasteiger partial charge in [0.2, 0.25) is 0 Å². The zero-order valence-corrected chi connectivity index (χ0v) is 17.0. The van der Waals surface area contributed by atoms with E-state index in [2.05, 4.69) is 70.0 Å². The Bertz CT molecular complexity index is 540. The maximum Gasteiger partial charge on any atom is 0.173 e. The number of benzene rings is 1. The van der Waals surface area contributed by atoms with E-state index in [1.807, 2.05) is 0 Å². The fourth-order valence-corrected chi connectivity index (χ4v) is 4.30. The molecular formula is C20H34N3S+. The molecule has 134 valence electrons. The first kappa shape index (κ1) is 19.2. The molecule has 1 aromatic rings. The molecule has 2 rings (SSSR count). The van der Waals surface area contributed by atoms with Crippen LogP contribution >= 0.6 is 12.2 Å². The molecule has 0 aromatic heterocycles. The molecule has 0 bridgehead atoms. The van der Waals surface area contributed by atoms with Crippen molar-refractivity contribution < 1.29 is 4.90 Å². The third-order valence-electron chi connectivity index (χ3n) is 5.31. The highest BCUT2D eigenvalue weighted by Crippen LogP contribution is 2.22. The summed E-state index contributed by atoms with van der Waals surface area (Å²) in [7, 11) is 0. The van der Waals surface area contributed by atoms with E-state index < -0.39 is 0 Å². The summed E-state index contributed by atoms with van der Waals surface area (Å²) < 4.78 is 0. The van der Waals surface area contributed by atoms with Gasteiger partial charge in [-0.3, -0.25) is 0 Å². The number of nitrogens with zero attached hydrogens (tertiary/aromatic N) is 1. The minimum absolute atomic E-state index is 0.417. The van der Waals surface area contributed by atoms with Gasteiger partial charge in [-0.1, -0.05) is 18.2 Å². The number of piperidine rings is 1. The highest BCUT2D eigenvalue weighted by molar-refractivity contribution is 7.80. The lowest BCUT2D eigenvalue weighted by Crippen LogP contribution is -3.16. The summed E-state index contributed by atoms with van der Waals surface area (Å²) in [4.78, 5) is 4.15. The van der Waals surface area contributed by atoms with E-state index in [1.54, 1.807) is 4.90 Å². The van der Waals surface area contributed by atoms with Crippen LogP contribution in [0, 0.1) is 13.8 Å².